The van der Waals surface area contributed by atoms with E-state index in [1.807, 2.05) is 73.6 Å². The van der Waals surface area contributed by atoms with Crippen molar-refractivity contribution in [3.63, 3.8) is 0 Å². The van der Waals surface area contributed by atoms with Crippen LogP contribution in [0.1, 0.15) is 57.4 Å². The van der Waals surface area contributed by atoms with Gasteiger partial charge in [-0.2, -0.15) is 21.0 Å². The number of esters is 1. The zero-order valence-electron chi connectivity index (χ0n) is 30.5. The molecule has 0 N–H and O–H groups in total. The van der Waals surface area contributed by atoms with Crippen molar-refractivity contribution in [2.24, 2.45) is 4.99 Å². The van der Waals surface area contributed by atoms with Gasteiger partial charge >= 0.3 is 5.97 Å². The van der Waals surface area contributed by atoms with E-state index in [-0.39, 0.29) is 40.2 Å². The predicted molar refractivity (Wildman–Crippen MR) is 214 cm³/mol. The van der Waals surface area contributed by atoms with Crippen molar-refractivity contribution in [3.8, 4) is 24.3 Å². The molecule has 0 amide bonds. The molecule has 55 heavy (non-hydrogen) atoms. The van der Waals surface area contributed by atoms with E-state index in [2.05, 4.69) is 72.8 Å². The van der Waals surface area contributed by atoms with E-state index in [1.165, 1.54) is 22.8 Å². The Balaban J connectivity index is 1.28. The first kappa shape index (κ1) is 37.2. The number of allylic oxidation sites excluding steroid dienone is 4. The summed E-state index contributed by atoms with van der Waals surface area (Å²) in [5.41, 5.74) is 5.46. The summed E-state index contributed by atoms with van der Waals surface area (Å²) in [7, 11) is 3.82. The van der Waals surface area contributed by atoms with Gasteiger partial charge in [0.1, 0.15) is 35.4 Å². The molecule has 0 atom stereocenters. The third-order valence-corrected chi connectivity index (χ3v) is 9.80. The summed E-state index contributed by atoms with van der Waals surface area (Å²) in [6.45, 7) is 0.169. The number of ether oxygens (including phenoxy) is 1. The number of fused-ring (bicyclic) bond motifs is 1. The number of nitriles is 4. The van der Waals surface area contributed by atoms with E-state index in [4.69, 9.17) is 9.73 Å². The van der Waals surface area contributed by atoms with Crippen LogP contribution in [0.5, 0.6) is 0 Å². The Kier molecular flexibility index (Phi) is 11.4. The first-order valence-corrected chi connectivity index (χ1v) is 17.8. The number of hydrogen-bond acceptors (Lipinski definition) is 8. The van der Waals surface area contributed by atoms with Gasteiger partial charge in [0, 0.05) is 36.3 Å². The van der Waals surface area contributed by atoms with Crippen molar-refractivity contribution in [2.45, 2.75) is 24.7 Å². The highest BCUT2D eigenvalue weighted by molar-refractivity contribution is 6.52. The van der Waals surface area contributed by atoms with Crippen molar-refractivity contribution in [1.29, 1.82) is 21.0 Å². The number of aliphatic imine (C=N–C) groups is 1. The number of anilines is 1. The largest absolute Gasteiger partial charge is 0.462 e. The molecule has 8 heteroatoms. The van der Waals surface area contributed by atoms with Gasteiger partial charge in [0.25, 0.3) is 0 Å². The van der Waals surface area contributed by atoms with Crippen molar-refractivity contribution in [3.05, 3.63) is 178 Å². The molecule has 0 spiro atoms. The number of carbonyl (C=O) groups is 1. The van der Waals surface area contributed by atoms with Crippen LogP contribution in [-0.2, 0) is 10.2 Å². The smallest absolute Gasteiger partial charge is 0.338 e. The molecule has 0 radical (unpaired) electrons. The summed E-state index contributed by atoms with van der Waals surface area (Å²) >= 11 is 0. The fourth-order valence-corrected chi connectivity index (χ4v) is 7.16. The van der Waals surface area contributed by atoms with Gasteiger partial charge in [-0.3, -0.25) is 0 Å². The predicted octanol–water partition coefficient (Wildman–Crippen LogP) is 9.50. The normalized spacial score (nSPS) is 12.4. The molecule has 5 aromatic carbocycles. The lowest BCUT2D eigenvalue weighted by atomic mass is 9.66. The molecule has 0 unspecified atom stereocenters. The number of hydrogen-bond donors (Lipinski definition) is 0. The van der Waals surface area contributed by atoms with Gasteiger partial charge in [-0.25, -0.2) is 9.79 Å². The molecular weight excluding hydrogens is 681 g/mol. The topological polar surface area (TPSA) is 137 Å². The average Bonchev–Trinajstić information content (AvgIpc) is 3.53. The lowest BCUT2D eigenvalue weighted by molar-refractivity contribution is 0.0497. The first-order valence-electron chi connectivity index (χ1n) is 17.8. The molecule has 0 aromatic heterocycles. The molecule has 0 aliphatic heterocycles. The number of carbonyl (C=O) groups excluding carboxylic acids is 1. The molecule has 0 bridgehead atoms. The summed E-state index contributed by atoms with van der Waals surface area (Å²) in [6.07, 6.45) is 2.13. The minimum Gasteiger partial charge on any atom is -0.462 e. The Morgan fingerprint density at radius 1 is 0.636 bits per heavy atom. The second-order valence-corrected chi connectivity index (χ2v) is 13.2. The standard InChI is InChI=1S/C47H36N6O2/c1-53(2)40-23-21-39(22-24-40)52-45-43(34(29-48)30-49)41-25-20-33(28-42(41)44(45)35(31-50)32-51)46(54)55-27-13-12-26-47(36-14-6-3-7-15-36,37-16-8-4-9-17-37)38-18-10-5-11-19-38/h3-11,14-25,28H,12-13,26-27H2,1-2H3. The van der Waals surface area contributed by atoms with Gasteiger partial charge in [-0.05, 0) is 83.5 Å². The molecule has 8 nitrogen and oxygen atoms in total. The molecule has 0 fully saturated rings. The molecule has 0 heterocycles. The highest BCUT2D eigenvalue weighted by Gasteiger charge is 2.36. The number of nitrogens with zero attached hydrogens (tertiary/aromatic N) is 6. The van der Waals surface area contributed by atoms with Crippen LogP contribution in [0.25, 0.3) is 11.1 Å². The zero-order chi connectivity index (χ0) is 38.8. The average molecular weight is 717 g/mol. The molecule has 1 aliphatic carbocycles. The highest BCUT2D eigenvalue weighted by Crippen LogP contribution is 2.45. The Labute approximate surface area is 321 Å². The second-order valence-electron chi connectivity index (χ2n) is 13.2. The van der Waals surface area contributed by atoms with E-state index < -0.39 is 11.4 Å². The number of unbranched alkanes of at least 4 members (excludes halogenated alkanes) is 1. The van der Waals surface area contributed by atoms with Crippen LogP contribution in [0, 0.1) is 45.3 Å². The van der Waals surface area contributed by atoms with Gasteiger partial charge in [0.15, 0.2) is 0 Å². The maximum Gasteiger partial charge on any atom is 0.338 e. The summed E-state index contributed by atoms with van der Waals surface area (Å²) in [4.78, 5) is 20.2. The van der Waals surface area contributed by atoms with E-state index in [0.717, 1.165) is 18.5 Å². The molecule has 0 saturated heterocycles. The van der Waals surface area contributed by atoms with E-state index in [1.54, 1.807) is 24.3 Å². The Morgan fingerprint density at radius 3 is 1.60 bits per heavy atom. The third-order valence-electron chi connectivity index (χ3n) is 9.80. The van der Waals surface area contributed by atoms with Gasteiger partial charge in [0.05, 0.1) is 23.6 Å². The van der Waals surface area contributed by atoms with Gasteiger partial charge in [0.2, 0.25) is 0 Å². The second kappa shape index (κ2) is 16.9. The minimum absolute atomic E-state index is 0.132. The quantitative estimate of drug-likeness (QED) is 0.0575. The van der Waals surface area contributed by atoms with Crippen LogP contribution in [0.3, 0.4) is 0 Å². The fraction of sp³-hybridized carbons (Fsp3) is 0.149. The maximum atomic E-state index is 13.6. The zero-order valence-corrected chi connectivity index (χ0v) is 30.5. The van der Waals surface area contributed by atoms with Crippen LogP contribution in [0.4, 0.5) is 11.4 Å². The molecular formula is C47H36N6O2. The minimum atomic E-state index is -0.575. The monoisotopic (exact) mass is 716 g/mol. The highest BCUT2D eigenvalue weighted by atomic mass is 16.5. The van der Waals surface area contributed by atoms with Gasteiger partial charge in [-0.15, -0.1) is 0 Å². The molecule has 6 rings (SSSR count). The van der Waals surface area contributed by atoms with Crippen LogP contribution in [-0.4, -0.2) is 32.4 Å². The van der Waals surface area contributed by atoms with Crippen molar-refractivity contribution >= 4 is 34.2 Å². The van der Waals surface area contributed by atoms with Crippen LogP contribution in [0.15, 0.2) is 150 Å². The summed E-state index contributed by atoms with van der Waals surface area (Å²) in [5, 5.41) is 39.9. The summed E-state index contributed by atoms with van der Waals surface area (Å²) in [5.74, 6) is -0.575. The molecule has 5 aromatic rings. The Bertz CT molecular complexity index is 2340. The molecule has 266 valence electrons. The lowest BCUT2D eigenvalue weighted by Crippen LogP contribution is -2.29. The number of rotatable bonds is 11. The van der Waals surface area contributed by atoms with Gasteiger partial charge < -0.3 is 9.64 Å². The van der Waals surface area contributed by atoms with Crippen molar-refractivity contribution in [2.75, 3.05) is 25.6 Å². The van der Waals surface area contributed by atoms with Crippen molar-refractivity contribution in [1.82, 2.24) is 0 Å². The van der Waals surface area contributed by atoms with E-state index in [9.17, 15) is 25.8 Å². The fourth-order valence-electron chi connectivity index (χ4n) is 7.16. The molecule has 1 aliphatic rings. The van der Waals surface area contributed by atoms with Crippen LogP contribution < -0.4 is 4.90 Å². The molecule has 0 saturated carbocycles. The SMILES string of the molecule is CN(C)c1ccc(N=C2C(=C(C#N)C#N)c3ccc(C(=O)OCCCCC(c4ccccc4)(c4ccccc4)c4ccccc4)cc3C2=C(C#N)C#N)cc1. The van der Waals surface area contributed by atoms with Crippen LogP contribution >= 0.6 is 0 Å². The first-order chi connectivity index (χ1) is 26.9. The summed E-state index contributed by atoms with van der Waals surface area (Å²) in [6, 6.07) is 51.1. The Morgan fingerprint density at radius 2 is 1.13 bits per heavy atom. The van der Waals surface area contributed by atoms with Gasteiger partial charge in [-0.1, -0.05) is 97.1 Å². The summed E-state index contributed by atoms with van der Waals surface area (Å²) < 4.78 is 5.80. The maximum absolute atomic E-state index is 13.6. The van der Waals surface area contributed by atoms with Crippen molar-refractivity contribution < 1.29 is 9.53 Å². The Hall–Kier alpha value is -7.52. The number of benzene rings is 5. The third kappa shape index (κ3) is 7.53. The van der Waals surface area contributed by atoms with E-state index >= 15 is 0 Å². The van der Waals surface area contributed by atoms with E-state index in [0.29, 0.717) is 23.2 Å². The lowest BCUT2D eigenvalue weighted by Gasteiger charge is -2.36. The van der Waals surface area contributed by atoms with Crippen LogP contribution in [0.2, 0.25) is 0 Å².